The largest absolute Gasteiger partial charge is 0.395 e. The van der Waals surface area contributed by atoms with Gasteiger partial charge in [-0.15, -0.1) is 0 Å². The molecule has 5 N–H and O–H groups in total. The molecule has 7 heteroatoms. The average Bonchev–Trinajstić information content (AvgIpc) is 3.04. The number of aromatic nitrogens is 4. The summed E-state index contributed by atoms with van der Waals surface area (Å²) in [4.78, 5) is 20.8. The van der Waals surface area contributed by atoms with Gasteiger partial charge in [0.2, 0.25) is 0 Å². The molecule has 0 bridgehead atoms. The molecule has 2 heterocycles. The number of nitrogens with two attached hydrogens (primary N) is 2. The Morgan fingerprint density at radius 1 is 1.04 bits per heavy atom. The molecule has 2 aromatic heterocycles. The number of hydrogen-bond acceptors (Lipinski definition) is 5. The van der Waals surface area contributed by atoms with E-state index in [0.29, 0.717) is 11.5 Å². The molecule has 26 heavy (non-hydrogen) atoms. The summed E-state index contributed by atoms with van der Waals surface area (Å²) in [5, 5.41) is 8.13. The summed E-state index contributed by atoms with van der Waals surface area (Å²) in [6.07, 6.45) is 0. The van der Waals surface area contributed by atoms with Gasteiger partial charge in [-0.25, -0.2) is 9.97 Å². The number of carbonyl (C=O) groups is 1. The molecule has 0 saturated carbocycles. The van der Waals surface area contributed by atoms with Crippen molar-refractivity contribution in [3.05, 3.63) is 59.9 Å². The number of nitrogens with one attached hydrogen (secondary N) is 1. The Balaban J connectivity index is 2.06. The number of aromatic amines is 1. The first-order valence-corrected chi connectivity index (χ1v) is 8.03. The number of benzene rings is 2. The number of anilines is 1. The van der Waals surface area contributed by atoms with Crippen molar-refractivity contribution in [3.63, 3.8) is 0 Å². The summed E-state index contributed by atoms with van der Waals surface area (Å²) in [7, 11) is 0. The maximum atomic E-state index is 11.9. The average molecular weight is 344 g/mol. The van der Waals surface area contributed by atoms with Gasteiger partial charge in [-0.3, -0.25) is 9.89 Å². The molecule has 2 aromatic carbocycles. The van der Waals surface area contributed by atoms with Crippen LogP contribution in [-0.2, 0) is 0 Å². The molecule has 0 fully saturated rings. The van der Waals surface area contributed by atoms with Crippen LogP contribution in [0.15, 0.2) is 48.5 Å². The number of nitrogens with zero attached hydrogens (tertiary/aromatic N) is 3. The summed E-state index contributed by atoms with van der Waals surface area (Å²) in [6.45, 7) is 1.92. The molecule has 0 aliphatic rings. The lowest BCUT2D eigenvalue weighted by Crippen LogP contribution is -2.17. The molecule has 0 atom stereocenters. The number of carbonyl (C=O) groups excluding carboxylic acids is 1. The highest BCUT2D eigenvalue weighted by Gasteiger charge is 2.20. The van der Waals surface area contributed by atoms with Crippen LogP contribution in [0.2, 0.25) is 0 Å². The van der Waals surface area contributed by atoms with Gasteiger partial charge in [0.15, 0.2) is 11.5 Å². The van der Waals surface area contributed by atoms with Crippen LogP contribution in [0.25, 0.3) is 33.5 Å². The summed E-state index contributed by atoms with van der Waals surface area (Å²) < 4.78 is 0. The van der Waals surface area contributed by atoms with Gasteiger partial charge < -0.3 is 11.5 Å². The first kappa shape index (κ1) is 15.8. The fourth-order valence-corrected chi connectivity index (χ4v) is 3.00. The Labute approximate surface area is 149 Å². The van der Waals surface area contributed by atoms with Gasteiger partial charge in [0.05, 0.1) is 16.9 Å². The zero-order valence-electron chi connectivity index (χ0n) is 14.0. The minimum Gasteiger partial charge on any atom is -0.395 e. The van der Waals surface area contributed by atoms with Gasteiger partial charge in [-0.05, 0) is 13.0 Å². The minimum absolute atomic E-state index is 0.00649. The van der Waals surface area contributed by atoms with Crippen LogP contribution in [0.5, 0.6) is 0 Å². The number of hydrogen-bond donors (Lipinski definition) is 3. The lowest BCUT2D eigenvalue weighted by molar-refractivity contribution is 0.0996. The van der Waals surface area contributed by atoms with Crippen LogP contribution in [0.3, 0.4) is 0 Å². The van der Waals surface area contributed by atoms with Gasteiger partial charge in [0.1, 0.15) is 0 Å². The number of nitrogen functional groups attached to an aromatic ring is 1. The number of rotatable bonds is 3. The van der Waals surface area contributed by atoms with Crippen molar-refractivity contribution in [2.45, 2.75) is 6.92 Å². The van der Waals surface area contributed by atoms with Gasteiger partial charge in [0.25, 0.3) is 5.91 Å². The fourth-order valence-electron chi connectivity index (χ4n) is 3.00. The predicted molar refractivity (Wildman–Crippen MR) is 100 cm³/mol. The van der Waals surface area contributed by atoms with E-state index in [0.717, 1.165) is 27.7 Å². The number of fused-ring (bicyclic) bond motifs is 1. The SMILES string of the molecule is Cc1[nH]nc2cccc(-c3nc(-c4ccccc4)nc(C(N)=O)c3N)c12. The Bertz CT molecular complexity index is 1130. The van der Waals surface area contributed by atoms with E-state index in [4.69, 9.17) is 11.5 Å². The fraction of sp³-hybridized carbons (Fsp3) is 0.0526. The molecular formula is C19H16N6O. The minimum atomic E-state index is -0.695. The van der Waals surface area contributed by atoms with E-state index in [1.807, 2.05) is 55.5 Å². The second kappa shape index (κ2) is 5.96. The highest BCUT2D eigenvalue weighted by molar-refractivity contribution is 6.04. The second-order valence-corrected chi connectivity index (χ2v) is 5.94. The first-order chi connectivity index (χ1) is 12.6. The third-order valence-electron chi connectivity index (χ3n) is 4.23. The zero-order valence-corrected chi connectivity index (χ0v) is 14.0. The molecule has 128 valence electrons. The number of amides is 1. The van der Waals surface area contributed by atoms with Crippen LogP contribution in [0, 0.1) is 6.92 Å². The quantitative estimate of drug-likeness (QED) is 0.527. The Morgan fingerprint density at radius 3 is 2.54 bits per heavy atom. The molecule has 0 saturated heterocycles. The maximum absolute atomic E-state index is 11.9. The number of aryl methyl sites for hydroxylation is 1. The topological polar surface area (TPSA) is 124 Å². The smallest absolute Gasteiger partial charge is 0.269 e. The molecule has 0 radical (unpaired) electrons. The van der Waals surface area contributed by atoms with Crippen molar-refractivity contribution in [2.75, 3.05) is 5.73 Å². The number of H-pyrrole nitrogens is 1. The predicted octanol–water partition coefficient (Wildman–Crippen LogP) is 2.68. The number of primary amides is 1. The Kier molecular flexibility index (Phi) is 3.62. The lowest BCUT2D eigenvalue weighted by Gasteiger charge is -2.12. The lowest BCUT2D eigenvalue weighted by atomic mass is 10.0. The van der Waals surface area contributed by atoms with Crippen molar-refractivity contribution < 1.29 is 4.79 Å². The van der Waals surface area contributed by atoms with Gasteiger partial charge in [0, 0.05) is 22.2 Å². The molecule has 4 aromatic rings. The molecule has 4 rings (SSSR count). The second-order valence-electron chi connectivity index (χ2n) is 5.94. The first-order valence-electron chi connectivity index (χ1n) is 8.03. The third-order valence-corrected chi connectivity index (χ3v) is 4.23. The van der Waals surface area contributed by atoms with Crippen LogP contribution in [0.4, 0.5) is 5.69 Å². The highest BCUT2D eigenvalue weighted by Crippen LogP contribution is 2.34. The van der Waals surface area contributed by atoms with E-state index in [9.17, 15) is 4.79 Å². The molecule has 0 unspecified atom stereocenters. The van der Waals surface area contributed by atoms with Gasteiger partial charge >= 0.3 is 0 Å². The van der Waals surface area contributed by atoms with E-state index >= 15 is 0 Å². The standard InChI is InChI=1S/C19H16N6O/c1-10-14-12(8-5-9-13(14)25-24-10)16-15(20)17(18(21)26)23-19(22-16)11-6-3-2-4-7-11/h2-9H,20H2,1H3,(H2,21,26)(H,24,25). The normalized spacial score (nSPS) is 11.0. The molecule has 0 aliphatic heterocycles. The van der Waals surface area contributed by atoms with Crippen molar-refractivity contribution in [3.8, 4) is 22.6 Å². The van der Waals surface area contributed by atoms with E-state index < -0.39 is 5.91 Å². The van der Waals surface area contributed by atoms with Gasteiger partial charge in [-0.2, -0.15) is 5.10 Å². The zero-order chi connectivity index (χ0) is 18.3. The molecular weight excluding hydrogens is 328 g/mol. The summed E-state index contributed by atoms with van der Waals surface area (Å²) in [5.41, 5.74) is 15.6. The van der Waals surface area contributed by atoms with E-state index in [1.165, 1.54) is 0 Å². The van der Waals surface area contributed by atoms with E-state index in [2.05, 4.69) is 20.2 Å². The van der Waals surface area contributed by atoms with Crippen LogP contribution in [0.1, 0.15) is 16.2 Å². The molecule has 7 nitrogen and oxygen atoms in total. The van der Waals surface area contributed by atoms with Crippen molar-refractivity contribution >= 4 is 22.5 Å². The monoisotopic (exact) mass is 344 g/mol. The van der Waals surface area contributed by atoms with Gasteiger partial charge in [-0.1, -0.05) is 42.5 Å². The summed E-state index contributed by atoms with van der Waals surface area (Å²) in [5.74, 6) is -0.304. The van der Waals surface area contributed by atoms with Crippen molar-refractivity contribution in [2.24, 2.45) is 5.73 Å². The van der Waals surface area contributed by atoms with Crippen LogP contribution in [-0.4, -0.2) is 26.1 Å². The maximum Gasteiger partial charge on any atom is 0.269 e. The molecule has 0 aliphatic carbocycles. The van der Waals surface area contributed by atoms with Crippen molar-refractivity contribution in [1.82, 2.24) is 20.2 Å². The highest BCUT2D eigenvalue weighted by atomic mass is 16.1. The molecule has 0 spiro atoms. The van der Waals surface area contributed by atoms with Crippen LogP contribution < -0.4 is 11.5 Å². The van der Waals surface area contributed by atoms with E-state index in [1.54, 1.807) is 0 Å². The Hall–Kier alpha value is -3.74. The van der Waals surface area contributed by atoms with Crippen molar-refractivity contribution in [1.29, 1.82) is 0 Å². The summed E-state index contributed by atoms with van der Waals surface area (Å²) >= 11 is 0. The van der Waals surface area contributed by atoms with E-state index in [-0.39, 0.29) is 11.4 Å². The Morgan fingerprint density at radius 2 is 1.81 bits per heavy atom. The third kappa shape index (κ3) is 2.46. The van der Waals surface area contributed by atoms with Crippen LogP contribution >= 0.6 is 0 Å². The molecule has 1 amide bonds. The summed E-state index contributed by atoms with van der Waals surface area (Å²) in [6, 6.07) is 15.0.